The fraction of sp³-hybridized carbons (Fsp3) is 0.214. The summed E-state index contributed by atoms with van der Waals surface area (Å²) in [5.41, 5.74) is 0.686. The zero-order valence-electron chi connectivity index (χ0n) is 9.87. The van der Waals surface area contributed by atoms with Crippen molar-refractivity contribution in [1.82, 2.24) is 0 Å². The van der Waals surface area contributed by atoms with Gasteiger partial charge in [-0.05, 0) is 52.7 Å². The quantitative estimate of drug-likeness (QED) is 0.701. The summed E-state index contributed by atoms with van der Waals surface area (Å²) in [7, 11) is 0. The van der Waals surface area contributed by atoms with Gasteiger partial charge in [0, 0.05) is 31.2 Å². The molecule has 94 valence electrons. The molecule has 0 atom stereocenters. The van der Waals surface area contributed by atoms with E-state index < -0.39 is 0 Å². The van der Waals surface area contributed by atoms with Crippen LogP contribution in [0.25, 0.3) is 0 Å². The van der Waals surface area contributed by atoms with E-state index in [-0.39, 0.29) is 5.78 Å². The van der Waals surface area contributed by atoms with Gasteiger partial charge < -0.3 is 0 Å². The molecule has 0 N–H and O–H groups in total. The third kappa shape index (κ3) is 3.22. The number of benzene rings is 1. The maximum atomic E-state index is 12.2. The van der Waals surface area contributed by atoms with Crippen molar-refractivity contribution >= 4 is 44.7 Å². The SMILES string of the molecule is CCc1ccc(CC(=O)c2ccc(Cl)cc2Br)s1. The van der Waals surface area contributed by atoms with Gasteiger partial charge in [0.25, 0.3) is 0 Å². The summed E-state index contributed by atoms with van der Waals surface area (Å²) in [4.78, 5) is 14.6. The number of hydrogen-bond acceptors (Lipinski definition) is 2. The van der Waals surface area contributed by atoms with Gasteiger partial charge in [0.1, 0.15) is 0 Å². The highest BCUT2D eigenvalue weighted by Gasteiger charge is 2.12. The van der Waals surface area contributed by atoms with Crippen molar-refractivity contribution in [2.45, 2.75) is 19.8 Å². The van der Waals surface area contributed by atoms with E-state index in [9.17, 15) is 4.79 Å². The van der Waals surface area contributed by atoms with Gasteiger partial charge >= 0.3 is 0 Å². The van der Waals surface area contributed by atoms with Gasteiger partial charge in [0.2, 0.25) is 0 Å². The Kier molecular flexibility index (Phi) is 4.60. The number of carbonyl (C=O) groups excluding carboxylic acids is 1. The molecule has 0 saturated carbocycles. The molecule has 0 saturated heterocycles. The second-order valence-electron chi connectivity index (χ2n) is 3.95. The molecule has 1 heterocycles. The van der Waals surface area contributed by atoms with Crippen molar-refractivity contribution in [3.8, 4) is 0 Å². The molecule has 0 aliphatic carbocycles. The monoisotopic (exact) mass is 342 g/mol. The van der Waals surface area contributed by atoms with Crippen LogP contribution in [0.3, 0.4) is 0 Å². The second kappa shape index (κ2) is 6.00. The predicted octanol–water partition coefficient (Wildman–Crippen LogP) is 5.15. The number of aryl methyl sites for hydroxylation is 1. The van der Waals surface area contributed by atoms with Crippen LogP contribution < -0.4 is 0 Å². The minimum absolute atomic E-state index is 0.114. The first-order chi connectivity index (χ1) is 8.60. The minimum Gasteiger partial charge on any atom is -0.294 e. The molecule has 1 aromatic heterocycles. The molecule has 0 unspecified atom stereocenters. The van der Waals surface area contributed by atoms with Crippen molar-refractivity contribution in [1.29, 1.82) is 0 Å². The maximum Gasteiger partial charge on any atom is 0.169 e. The van der Waals surface area contributed by atoms with Gasteiger partial charge in [0.05, 0.1) is 0 Å². The van der Waals surface area contributed by atoms with Crippen LogP contribution >= 0.6 is 38.9 Å². The van der Waals surface area contributed by atoms with E-state index in [0.29, 0.717) is 17.0 Å². The summed E-state index contributed by atoms with van der Waals surface area (Å²) in [5.74, 6) is 0.114. The average molecular weight is 344 g/mol. The van der Waals surface area contributed by atoms with Crippen LogP contribution in [-0.4, -0.2) is 5.78 Å². The van der Waals surface area contributed by atoms with Crippen LogP contribution in [0.4, 0.5) is 0 Å². The summed E-state index contributed by atoms with van der Waals surface area (Å²) in [5, 5.41) is 0.628. The van der Waals surface area contributed by atoms with Gasteiger partial charge in [-0.15, -0.1) is 11.3 Å². The van der Waals surface area contributed by atoms with Crippen molar-refractivity contribution in [3.63, 3.8) is 0 Å². The lowest BCUT2D eigenvalue weighted by Gasteiger charge is -2.03. The Balaban J connectivity index is 2.16. The highest BCUT2D eigenvalue weighted by Crippen LogP contribution is 2.24. The highest BCUT2D eigenvalue weighted by molar-refractivity contribution is 9.10. The predicted molar refractivity (Wildman–Crippen MR) is 80.9 cm³/mol. The first-order valence-corrected chi connectivity index (χ1v) is 7.64. The van der Waals surface area contributed by atoms with E-state index in [0.717, 1.165) is 15.8 Å². The molecule has 4 heteroatoms. The normalized spacial score (nSPS) is 10.6. The zero-order valence-corrected chi connectivity index (χ0v) is 13.0. The van der Waals surface area contributed by atoms with Crippen molar-refractivity contribution < 1.29 is 4.79 Å². The molecular weight excluding hydrogens is 332 g/mol. The molecule has 0 radical (unpaired) electrons. The van der Waals surface area contributed by atoms with Gasteiger partial charge in [-0.1, -0.05) is 18.5 Å². The first-order valence-electron chi connectivity index (χ1n) is 5.66. The molecule has 0 fully saturated rings. The smallest absolute Gasteiger partial charge is 0.169 e. The molecule has 0 amide bonds. The first kappa shape index (κ1) is 13.8. The molecule has 0 aliphatic rings. The molecule has 2 rings (SSSR count). The van der Waals surface area contributed by atoms with E-state index >= 15 is 0 Å². The molecular formula is C14H12BrClOS. The van der Waals surface area contributed by atoms with Crippen molar-refractivity contribution in [2.75, 3.05) is 0 Å². The zero-order chi connectivity index (χ0) is 13.1. The van der Waals surface area contributed by atoms with Gasteiger partial charge in [-0.25, -0.2) is 0 Å². The Hall–Kier alpha value is -0.640. The molecule has 1 nitrogen and oxygen atoms in total. The van der Waals surface area contributed by atoms with Gasteiger partial charge in [0.15, 0.2) is 5.78 Å². The van der Waals surface area contributed by atoms with Crippen molar-refractivity contribution in [3.05, 3.63) is 55.1 Å². The number of hydrogen-bond donors (Lipinski definition) is 0. The number of rotatable bonds is 4. The Bertz CT molecular complexity index is 577. The lowest BCUT2D eigenvalue weighted by atomic mass is 10.1. The summed E-state index contributed by atoms with van der Waals surface area (Å²) < 4.78 is 0.757. The van der Waals surface area contributed by atoms with Crippen LogP contribution in [0.2, 0.25) is 5.02 Å². The summed E-state index contributed by atoms with van der Waals surface area (Å²) >= 11 is 10.9. The van der Waals surface area contributed by atoms with E-state index in [2.05, 4.69) is 28.9 Å². The number of Topliss-reactive ketones (excluding diaryl/α,β-unsaturated/α-hetero) is 1. The summed E-state index contributed by atoms with van der Waals surface area (Å²) in [6.07, 6.45) is 1.47. The fourth-order valence-electron chi connectivity index (χ4n) is 1.68. The Morgan fingerprint density at radius 2 is 2.00 bits per heavy atom. The van der Waals surface area contributed by atoms with Crippen LogP contribution in [-0.2, 0) is 12.8 Å². The Morgan fingerprint density at radius 1 is 1.28 bits per heavy atom. The molecule has 18 heavy (non-hydrogen) atoms. The third-order valence-corrected chi connectivity index (χ3v) is 4.75. The van der Waals surface area contributed by atoms with E-state index in [1.54, 1.807) is 29.5 Å². The van der Waals surface area contributed by atoms with Crippen LogP contribution in [0.5, 0.6) is 0 Å². The fourth-order valence-corrected chi connectivity index (χ4v) is 3.54. The molecule has 1 aromatic carbocycles. The minimum atomic E-state index is 0.114. The average Bonchev–Trinajstić information content (AvgIpc) is 2.76. The molecule has 0 aliphatic heterocycles. The van der Waals surface area contributed by atoms with E-state index in [1.165, 1.54) is 4.88 Å². The number of halogens is 2. The summed E-state index contributed by atoms with van der Waals surface area (Å²) in [6, 6.07) is 9.38. The van der Waals surface area contributed by atoms with Crippen LogP contribution in [0.1, 0.15) is 27.0 Å². The highest BCUT2D eigenvalue weighted by atomic mass is 79.9. The Morgan fingerprint density at radius 3 is 2.61 bits per heavy atom. The van der Waals surface area contributed by atoms with Crippen LogP contribution in [0.15, 0.2) is 34.8 Å². The number of thiophene rings is 1. The lowest BCUT2D eigenvalue weighted by molar-refractivity contribution is 0.0993. The second-order valence-corrected chi connectivity index (χ2v) is 6.49. The largest absolute Gasteiger partial charge is 0.294 e. The van der Waals surface area contributed by atoms with Gasteiger partial charge in [-0.2, -0.15) is 0 Å². The lowest BCUT2D eigenvalue weighted by Crippen LogP contribution is -2.03. The number of carbonyl (C=O) groups is 1. The summed E-state index contributed by atoms with van der Waals surface area (Å²) in [6.45, 7) is 2.12. The molecule has 0 bridgehead atoms. The standard InChI is InChI=1S/C14H12BrClOS/c1-2-10-4-5-11(18-10)8-14(17)12-6-3-9(16)7-13(12)15/h3-7H,2,8H2,1H3. The van der Waals surface area contributed by atoms with Gasteiger partial charge in [-0.3, -0.25) is 4.79 Å². The third-order valence-electron chi connectivity index (χ3n) is 2.63. The molecule has 2 aromatic rings. The van der Waals surface area contributed by atoms with Crippen molar-refractivity contribution in [2.24, 2.45) is 0 Å². The molecule has 0 spiro atoms. The van der Waals surface area contributed by atoms with E-state index in [4.69, 9.17) is 11.6 Å². The Labute approximate surface area is 124 Å². The topological polar surface area (TPSA) is 17.1 Å². The maximum absolute atomic E-state index is 12.2. The van der Waals surface area contributed by atoms with Crippen LogP contribution in [0, 0.1) is 0 Å². The number of ketones is 1. The van der Waals surface area contributed by atoms with E-state index in [1.807, 2.05) is 6.07 Å².